The maximum atomic E-state index is 13.3. The Balaban J connectivity index is 1.53. The van der Waals surface area contributed by atoms with Crippen LogP contribution in [0.2, 0.25) is 0 Å². The van der Waals surface area contributed by atoms with Crippen molar-refractivity contribution in [1.82, 2.24) is 0 Å². The molecule has 4 saturated carbocycles. The van der Waals surface area contributed by atoms with Gasteiger partial charge in [-0.05, 0) is 79.4 Å². The van der Waals surface area contributed by atoms with Gasteiger partial charge in [-0.15, -0.1) is 0 Å². The third-order valence-corrected chi connectivity index (χ3v) is 10.8. The van der Waals surface area contributed by atoms with Crippen molar-refractivity contribution in [3.63, 3.8) is 0 Å². The van der Waals surface area contributed by atoms with Crippen molar-refractivity contribution >= 4 is 5.78 Å². The first-order valence-corrected chi connectivity index (χ1v) is 12.9. The minimum atomic E-state index is -1.03. The monoisotopic (exact) mass is 402 g/mol. The van der Waals surface area contributed by atoms with Crippen molar-refractivity contribution in [2.24, 2.45) is 46.3 Å². The lowest BCUT2D eigenvalue weighted by molar-refractivity contribution is -0.203. The summed E-state index contributed by atoms with van der Waals surface area (Å²) < 4.78 is 0. The standard InChI is InChI=1S/C27H46O2/c1-18(2)9-8-10-19(3)21-11-12-22-20-17-24(28)27(29)15-7-6-14-26(27,5)23(20)13-16-25(21,22)4/h18-23,29H,6-17H2,1-5H3/t19?,20?,21-,22?,23?,25-,26-,27+/m1/s1. The smallest absolute Gasteiger partial charge is 0.165 e. The average molecular weight is 403 g/mol. The molecule has 0 saturated heterocycles. The summed E-state index contributed by atoms with van der Waals surface area (Å²) in [5.41, 5.74) is -0.783. The minimum Gasteiger partial charge on any atom is -0.381 e. The molecule has 4 fully saturated rings. The molecule has 0 amide bonds. The lowest BCUT2D eigenvalue weighted by Crippen LogP contribution is -2.65. The van der Waals surface area contributed by atoms with Gasteiger partial charge in [-0.2, -0.15) is 0 Å². The van der Waals surface area contributed by atoms with Crippen molar-refractivity contribution in [2.45, 2.75) is 117 Å². The summed E-state index contributed by atoms with van der Waals surface area (Å²) in [4.78, 5) is 13.3. The van der Waals surface area contributed by atoms with E-state index < -0.39 is 5.60 Å². The lowest BCUT2D eigenvalue weighted by atomic mass is 9.43. The minimum absolute atomic E-state index is 0.173. The van der Waals surface area contributed by atoms with E-state index in [0.717, 1.165) is 30.6 Å². The van der Waals surface area contributed by atoms with Crippen LogP contribution in [0.1, 0.15) is 112 Å². The van der Waals surface area contributed by atoms with Crippen LogP contribution in [0.15, 0.2) is 0 Å². The van der Waals surface area contributed by atoms with E-state index in [1.165, 1.54) is 51.4 Å². The highest BCUT2D eigenvalue weighted by molar-refractivity contribution is 5.89. The molecule has 166 valence electrons. The van der Waals surface area contributed by atoms with E-state index in [9.17, 15) is 9.90 Å². The van der Waals surface area contributed by atoms with Crippen molar-refractivity contribution in [1.29, 1.82) is 0 Å². The summed E-state index contributed by atoms with van der Waals surface area (Å²) in [6, 6.07) is 0. The molecule has 0 heterocycles. The Morgan fingerprint density at radius 1 is 0.966 bits per heavy atom. The fraction of sp³-hybridized carbons (Fsp3) is 0.963. The van der Waals surface area contributed by atoms with Gasteiger partial charge in [-0.3, -0.25) is 4.79 Å². The third kappa shape index (κ3) is 3.26. The Kier molecular flexibility index (Phi) is 5.76. The molecule has 2 nitrogen and oxygen atoms in total. The molecular formula is C27H46O2. The number of carbonyl (C=O) groups is 1. The van der Waals surface area contributed by atoms with E-state index in [-0.39, 0.29) is 11.2 Å². The lowest BCUT2D eigenvalue weighted by Gasteiger charge is -2.62. The summed E-state index contributed by atoms with van der Waals surface area (Å²) in [5, 5.41) is 11.5. The summed E-state index contributed by atoms with van der Waals surface area (Å²) in [6.45, 7) is 12.1. The van der Waals surface area contributed by atoms with Crippen LogP contribution in [-0.2, 0) is 4.79 Å². The first-order chi connectivity index (χ1) is 13.6. The SMILES string of the molecule is CC(C)CCCC(C)[C@H]1CCC2C3CC(=O)[C@@]4(O)CCCC[C@]4(C)C3CC[C@@]21C. The largest absolute Gasteiger partial charge is 0.381 e. The van der Waals surface area contributed by atoms with E-state index >= 15 is 0 Å². The summed E-state index contributed by atoms with van der Waals surface area (Å²) in [6.07, 6.45) is 14.0. The molecular weight excluding hydrogens is 356 g/mol. The van der Waals surface area contributed by atoms with Gasteiger partial charge in [-0.25, -0.2) is 0 Å². The molecule has 0 aromatic rings. The fourth-order valence-electron chi connectivity index (χ4n) is 9.09. The number of ketones is 1. The van der Waals surface area contributed by atoms with Gasteiger partial charge >= 0.3 is 0 Å². The maximum Gasteiger partial charge on any atom is 0.165 e. The van der Waals surface area contributed by atoms with Crippen molar-refractivity contribution < 1.29 is 9.90 Å². The zero-order chi connectivity index (χ0) is 21.0. The first-order valence-electron chi connectivity index (χ1n) is 12.9. The predicted molar refractivity (Wildman–Crippen MR) is 120 cm³/mol. The van der Waals surface area contributed by atoms with Crippen molar-refractivity contribution in [2.75, 3.05) is 0 Å². The van der Waals surface area contributed by atoms with Gasteiger partial charge in [0.05, 0.1) is 0 Å². The summed E-state index contributed by atoms with van der Waals surface area (Å²) in [7, 11) is 0. The second-order valence-corrected chi connectivity index (χ2v) is 12.5. The predicted octanol–water partition coefficient (Wildman–Crippen LogP) is 6.79. The molecule has 4 aliphatic carbocycles. The summed E-state index contributed by atoms with van der Waals surface area (Å²) >= 11 is 0. The van der Waals surface area contributed by atoms with Crippen LogP contribution in [0.5, 0.6) is 0 Å². The van der Waals surface area contributed by atoms with Crippen LogP contribution in [-0.4, -0.2) is 16.5 Å². The molecule has 4 aliphatic rings. The molecule has 4 rings (SSSR count). The Morgan fingerprint density at radius 3 is 2.41 bits per heavy atom. The fourth-order valence-corrected chi connectivity index (χ4v) is 9.09. The molecule has 4 unspecified atom stereocenters. The van der Waals surface area contributed by atoms with Crippen molar-refractivity contribution in [3.05, 3.63) is 0 Å². The molecule has 0 bridgehead atoms. The van der Waals surface area contributed by atoms with Crippen molar-refractivity contribution in [3.8, 4) is 0 Å². The molecule has 0 aromatic heterocycles. The van der Waals surface area contributed by atoms with Crippen LogP contribution < -0.4 is 0 Å². The number of rotatable bonds is 5. The van der Waals surface area contributed by atoms with E-state index in [2.05, 4.69) is 34.6 Å². The van der Waals surface area contributed by atoms with Crippen LogP contribution in [0.4, 0.5) is 0 Å². The van der Waals surface area contributed by atoms with Gasteiger partial charge in [0.2, 0.25) is 0 Å². The van der Waals surface area contributed by atoms with E-state index in [1.54, 1.807) is 0 Å². The Labute approximate surface area is 179 Å². The van der Waals surface area contributed by atoms with Gasteiger partial charge < -0.3 is 5.11 Å². The zero-order valence-corrected chi connectivity index (χ0v) is 19.8. The van der Waals surface area contributed by atoms with Crippen LogP contribution in [0.3, 0.4) is 0 Å². The molecule has 0 spiro atoms. The average Bonchev–Trinajstić information content (AvgIpc) is 3.01. The number of fused-ring (bicyclic) bond motifs is 5. The molecule has 0 aromatic carbocycles. The zero-order valence-electron chi connectivity index (χ0n) is 19.8. The first kappa shape index (κ1) is 21.8. The number of carbonyl (C=O) groups excluding carboxylic acids is 1. The van der Waals surface area contributed by atoms with Gasteiger partial charge in [0.15, 0.2) is 5.78 Å². The van der Waals surface area contributed by atoms with Gasteiger partial charge in [0.25, 0.3) is 0 Å². The van der Waals surface area contributed by atoms with E-state index in [0.29, 0.717) is 36.0 Å². The second kappa shape index (κ2) is 7.64. The van der Waals surface area contributed by atoms with E-state index in [4.69, 9.17) is 0 Å². The second-order valence-electron chi connectivity index (χ2n) is 12.5. The molecule has 0 aliphatic heterocycles. The number of aliphatic hydroxyl groups is 1. The van der Waals surface area contributed by atoms with Gasteiger partial charge in [0, 0.05) is 11.8 Å². The quantitative estimate of drug-likeness (QED) is 0.549. The molecule has 1 N–H and O–H groups in total. The highest BCUT2D eigenvalue weighted by Crippen LogP contribution is 2.68. The highest BCUT2D eigenvalue weighted by Gasteiger charge is 2.66. The van der Waals surface area contributed by atoms with Gasteiger partial charge in [-0.1, -0.05) is 66.7 Å². The Morgan fingerprint density at radius 2 is 1.69 bits per heavy atom. The van der Waals surface area contributed by atoms with Crippen LogP contribution in [0.25, 0.3) is 0 Å². The number of Topliss-reactive ketones (excluding diaryl/α,β-unsaturated/α-hetero) is 1. The topological polar surface area (TPSA) is 37.3 Å². The molecule has 8 atom stereocenters. The highest BCUT2D eigenvalue weighted by atomic mass is 16.3. The Hall–Kier alpha value is -0.370. The molecule has 0 radical (unpaired) electrons. The third-order valence-electron chi connectivity index (χ3n) is 10.8. The molecule has 29 heavy (non-hydrogen) atoms. The normalized spacial score (nSPS) is 48.2. The maximum absolute atomic E-state index is 13.3. The van der Waals surface area contributed by atoms with Crippen LogP contribution >= 0.6 is 0 Å². The number of hydrogen-bond acceptors (Lipinski definition) is 2. The Bertz CT molecular complexity index is 626. The van der Waals surface area contributed by atoms with Gasteiger partial charge in [0.1, 0.15) is 5.60 Å². The van der Waals surface area contributed by atoms with E-state index in [1.807, 2.05) is 0 Å². The van der Waals surface area contributed by atoms with Crippen LogP contribution in [0, 0.1) is 46.3 Å². The summed E-state index contributed by atoms with van der Waals surface area (Å²) in [5.74, 6) is 4.42. The number of hydrogen-bond donors (Lipinski definition) is 1. The molecule has 2 heteroatoms.